The second-order valence-corrected chi connectivity index (χ2v) is 7.11. The fraction of sp³-hybridized carbons (Fsp3) is 0.300. The highest BCUT2D eigenvalue weighted by Crippen LogP contribution is 2.35. The molecule has 6 heteroatoms. The Hall–Kier alpha value is -2.18. The summed E-state index contributed by atoms with van der Waals surface area (Å²) in [7, 11) is 1.63. The van der Waals surface area contributed by atoms with Crippen molar-refractivity contribution in [3.8, 4) is 0 Å². The van der Waals surface area contributed by atoms with Crippen LogP contribution in [0.4, 0.5) is 0 Å². The van der Waals surface area contributed by atoms with Crippen LogP contribution in [0.3, 0.4) is 0 Å². The molecular weight excluding hydrogens is 396 g/mol. The Morgan fingerprint density at radius 3 is 2.81 bits per heavy atom. The first kappa shape index (κ1) is 18.6. The van der Waals surface area contributed by atoms with Crippen molar-refractivity contribution in [3.63, 3.8) is 0 Å². The van der Waals surface area contributed by atoms with Crippen LogP contribution >= 0.6 is 15.9 Å². The fourth-order valence-corrected chi connectivity index (χ4v) is 3.62. The van der Waals surface area contributed by atoms with Gasteiger partial charge in [0.05, 0.1) is 0 Å². The molecule has 0 fully saturated rings. The summed E-state index contributed by atoms with van der Waals surface area (Å²) in [5.74, 6) is -0.271. The third kappa shape index (κ3) is 3.97. The molecule has 1 aliphatic rings. The molecule has 136 valence electrons. The van der Waals surface area contributed by atoms with Crippen LogP contribution in [0.2, 0.25) is 0 Å². The summed E-state index contributed by atoms with van der Waals surface area (Å²) in [5, 5.41) is 2.93. The summed E-state index contributed by atoms with van der Waals surface area (Å²) >= 11 is 3.45. The Balaban J connectivity index is 1.84. The first-order valence-corrected chi connectivity index (χ1v) is 9.32. The molecule has 0 radical (unpaired) electrons. The van der Waals surface area contributed by atoms with Gasteiger partial charge in [-0.25, -0.2) is 0 Å². The highest BCUT2D eigenvalue weighted by Gasteiger charge is 2.40. The predicted octanol–water partition coefficient (Wildman–Crippen LogP) is 3.30. The standard InChI is InChI=1S/C20H21BrN2O3/c1-26-11-5-10-22-19(24)18-16-8-2-3-9-17(16)20(25)23(18)13-14-6-4-7-15(21)12-14/h2-4,6-9,12,18H,5,10-11,13H2,1H3,(H,22,24). The Labute approximate surface area is 161 Å². The number of nitrogens with one attached hydrogen (secondary N) is 1. The van der Waals surface area contributed by atoms with Gasteiger partial charge in [0.15, 0.2) is 0 Å². The Kier molecular flexibility index (Phi) is 6.06. The van der Waals surface area contributed by atoms with Gasteiger partial charge in [-0.2, -0.15) is 0 Å². The van der Waals surface area contributed by atoms with Gasteiger partial charge in [-0.05, 0) is 35.7 Å². The summed E-state index contributed by atoms with van der Waals surface area (Å²) in [6.45, 7) is 1.48. The zero-order valence-corrected chi connectivity index (χ0v) is 16.2. The number of carbonyl (C=O) groups excluding carboxylic acids is 2. The number of methoxy groups -OCH3 is 1. The molecule has 2 aromatic carbocycles. The first-order valence-electron chi connectivity index (χ1n) is 8.53. The van der Waals surface area contributed by atoms with Crippen LogP contribution in [-0.2, 0) is 16.1 Å². The summed E-state index contributed by atoms with van der Waals surface area (Å²) in [5.41, 5.74) is 2.33. The molecule has 3 rings (SSSR count). The Morgan fingerprint density at radius 2 is 2.04 bits per heavy atom. The van der Waals surface area contributed by atoms with E-state index in [-0.39, 0.29) is 11.8 Å². The third-order valence-electron chi connectivity index (χ3n) is 4.37. The van der Waals surface area contributed by atoms with E-state index in [2.05, 4.69) is 21.2 Å². The lowest BCUT2D eigenvalue weighted by molar-refractivity contribution is -0.125. The van der Waals surface area contributed by atoms with Crippen molar-refractivity contribution >= 4 is 27.7 Å². The highest BCUT2D eigenvalue weighted by molar-refractivity contribution is 9.10. The molecular formula is C20H21BrN2O3. The van der Waals surface area contributed by atoms with Crippen molar-refractivity contribution in [1.29, 1.82) is 0 Å². The number of amides is 2. The number of rotatable bonds is 7. The average molecular weight is 417 g/mol. The van der Waals surface area contributed by atoms with Gasteiger partial charge in [0.2, 0.25) is 5.91 Å². The Morgan fingerprint density at radius 1 is 1.23 bits per heavy atom. The molecule has 1 aliphatic heterocycles. The molecule has 1 atom stereocenters. The van der Waals surface area contributed by atoms with Crippen molar-refractivity contribution < 1.29 is 14.3 Å². The van der Waals surface area contributed by atoms with Crippen molar-refractivity contribution in [2.45, 2.75) is 19.0 Å². The Bertz CT molecular complexity index is 809. The SMILES string of the molecule is COCCCNC(=O)C1c2ccccc2C(=O)N1Cc1cccc(Br)c1. The molecule has 0 saturated heterocycles. The van der Waals surface area contributed by atoms with Gasteiger partial charge in [0.1, 0.15) is 6.04 Å². The predicted molar refractivity (Wildman–Crippen MR) is 103 cm³/mol. The quantitative estimate of drug-likeness (QED) is 0.704. The number of hydrogen-bond donors (Lipinski definition) is 1. The molecule has 0 aromatic heterocycles. The molecule has 2 aromatic rings. The molecule has 1 unspecified atom stereocenters. The number of carbonyl (C=O) groups is 2. The zero-order chi connectivity index (χ0) is 18.5. The van der Waals surface area contributed by atoms with Crippen LogP contribution in [0.25, 0.3) is 0 Å². The molecule has 1 heterocycles. The van der Waals surface area contributed by atoms with Gasteiger partial charge in [-0.1, -0.05) is 46.3 Å². The number of benzene rings is 2. The first-order chi connectivity index (χ1) is 12.6. The zero-order valence-electron chi connectivity index (χ0n) is 14.6. The second kappa shape index (κ2) is 8.47. The molecule has 0 aliphatic carbocycles. The van der Waals surface area contributed by atoms with Gasteiger partial charge in [-0.3, -0.25) is 9.59 Å². The lowest BCUT2D eigenvalue weighted by atomic mass is 10.0. The van der Waals surface area contributed by atoms with E-state index in [0.717, 1.165) is 22.0 Å². The van der Waals surface area contributed by atoms with E-state index in [1.165, 1.54) is 0 Å². The second-order valence-electron chi connectivity index (χ2n) is 6.19. The van der Waals surface area contributed by atoms with Crippen LogP contribution in [0.1, 0.15) is 33.9 Å². The number of hydrogen-bond acceptors (Lipinski definition) is 3. The van der Waals surface area contributed by atoms with E-state index in [9.17, 15) is 9.59 Å². The topological polar surface area (TPSA) is 58.6 Å². The third-order valence-corrected chi connectivity index (χ3v) is 4.87. The summed E-state index contributed by atoms with van der Waals surface area (Å²) in [6, 6.07) is 14.5. The van der Waals surface area contributed by atoms with E-state index in [4.69, 9.17) is 4.74 Å². The molecule has 5 nitrogen and oxygen atoms in total. The minimum Gasteiger partial charge on any atom is -0.385 e. The molecule has 0 bridgehead atoms. The maximum Gasteiger partial charge on any atom is 0.255 e. The van der Waals surface area contributed by atoms with Gasteiger partial charge in [0.25, 0.3) is 5.91 Å². The summed E-state index contributed by atoms with van der Waals surface area (Å²) in [6.07, 6.45) is 0.732. The van der Waals surface area contributed by atoms with Crippen LogP contribution in [-0.4, -0.2) is 37.0 Å². The molecule has 0 saturated carbocycles. The summed E-state index contributed by atoms with van der Waals surface area (Å²) in [4.78, 5) is 27.4. The fourth-order valence-electron chi connectivity index (χ4n) is 3.17. The maximum atomic E-state index is 12.9. The van der Waals surface area contributed by atoms with E-state index in [1.54, 1.807) is 18.1 Å². The molecule has 26 heavy (non-hydrogen) atoms. The van der Waals surface area contributed by atoms with Crippen LogP contribution in [0, 0.1) is 0 Å². The van der Waals surface area contributed by atoms with Gasteiger partial charge in [0, 0.05) is 36.8 Å². The van der Waals surface area contributed by atoms with Gasteiger partial charge < -0.3 is 15.0 Å². The van der Waals surface area contributed by atoms with Crippen molar-refractivity contribution in [1.82, 2.24) is 10.2 Å². The monoisotopic (exact) mass is 416 g/mol. The van der Waals surface area contributed by atoms with Crippen molar-refractivity contribution in [2.75, 3.05) is 20.3 Å². The summed E-state index contributed by atoms with van der Waals surface area (Å²) < 4.78 is 5.96. The highest BCUT2D eigenvalue weighted by atomic mass is 79.9. The number of halogens is 1. The van der Waals surface area contributed by atoms with Crippen LogP contribution < -0.4 is 5.32 Å². The van der Waals surface area contributed by atoms with Gasteiger partial charge in [-0.15, -0.1) is 0 Å². The minimum absolute atomic E-state index is 0.113. The average Bonchev–Trinajstić information content (AvgIpc) is 2.91. The minimum atomic E-state index is -0.611. The van der Waals surface area contributed by atoms with E-state index < -0.39 is 6.04 Å². The van der Waals surface area contributed by atoms with Crippen molar-refractivity contribution in [2.24, 2.45) is 0 Å². The van der Waals surface area contributed by atoms with E-state index >= 15 is 0 Å². The number of fused-ring (bicyclic) bond motifs is 1. The maximum absolute atomic E-state index is 12.9. The molecule has 1 N–H and O–H groups in total. The van der Waals surface area contributed by atoms with E-state index in [1.807, 2.05) is 42.5 Å². The largest absolute Gasteiger partial charge is 0.385 e. The van der Waals surface area contributed by atoms with Crippen molar-refractivity contribution in [3.05, 3.63) is 69.7 Å². The lowest BCUT2D eigenvalue weighted by Crippen LogP contribution is -2.39. The number of nitrogens with zero attached hydrogens (tertiary/aromatic N) is 1. The van der Waals surface area contributed by atoms with Crippen LogP contribution in [0.15, 0.2) is 53.0 Å². The lowest BCUT2D eigenvalue weighted by Gasteiger charge is -2.25. The molecule has 0 spiro atoms. The smallest absolute Gasteiger partial charge is 0.255 e. The molecule has 2 amide bonds. The van der Waals surface area contributed by atoms with Gasteiger partial charge >= 0.3 is 0 Å². The number of ether oxygens (including phenoxy) is 1. The normalized spacial score (nSPS) is 15.8. The van der Waals surface area contributed by atoms with E-state index in [0.29, 0.717) is 25.3 Å². The van der Waals surface area contributed by atoms with Crippen LogP contribution in [0.5, 0.6) is 0 Å².